The molecule has 1 heterocycles. The number of ether oxygens (including phenoxy) is 1. The lowest BCUT2D eigenvalue weighted by Crippen LogP contribution is -2.24. The molecule has 0 spiro atoms. The van der Waals surface area contributed by atoms with Gasteiger partial charge < -0.3 is 4.74 Å². The second-order valence-electron chi connectivity index (χ2n) is 9.51. The predicted octanol–water partition coefficient (Wildman–Crippen LogP) is 5.62. The molecule has 1 saturated heterocycles. The van der Waals surface area contributed by atoms with Gasteiger partial charge >= 0.3 is 0 Å². The van der Waals surface area contributed by atoms with E-state index in [1.165, 1.54) is 5.56 Å². The summed E-state index contributed by atoms with van der Waals surface area (Å²) in [6.45, 7) is 11.3. The van der Waals surface area contributed by atoms with Crippen LogP contribution in [0.3, 0.4) is 0 Å². The summed E-state index contributed by atoms with van der Waals surface area (Å²) in [4.78, 5) is 23.3. The first-order valence-corrected chi connectivity index (χ1v) is 9.96. The van der Waals surface area contributed by atoms with Crippen LogP contribution in [0.4, 0.5) is 0 Å². The monoisotopic (exact) mass is 391 g/mol. The van der Waals surface area contributed by atoms with Crippen LogP contribution in [0.15, 0.2) is 54.1 Å². The zero-order chi connectivity index (χ0) is 21.2. The molecule has 0 radical (unpaired) electrons. The molecule has 0 aromatic heterocycles. The second kappa shape index (κ2) is 7.86. The van der Waals surface area contributed by atoms with E-state index in [1.807, 2.05) is 36.4 Å². The highest BCUT2D eigenvalue weighted by molar-refractivity contribution is 6.15. The SMILES string of the molecule is CC(C)(C)CC(C)(C)c1ccc(Oc2ccccc2/C=C2/CC(=O)NC2=O)cc1. The maximum atomic E-state index is 11.8. The summed E-state index contributed by atoms with van der Waals surface area (Å²) in [5.41, 5.74) is 2.81. The van der Waals surface area contributed by atoms with Gasteiger partial charge in [0.25, 0.3) is 5.91 Å². The Balaban J connectivity index is 1.80. The lowest BCUT2D eigenvalue weighted by Gasteiger charge is -2.33. The van der Waals surface area contributed by atoms with Gasteiger partial charge in [-0.3, -0.25) is 14.9 Å². The molecule has 0 saturated carbocycles. The minimum absolute atomic E-state index is 0.0709. The lowest BCUT2D eigenvalue weighted by atomic mass is 9.72. The molecule has 0 unspecified atom stereocenters. The van der Waals surface area contributed by atoms with Crippen molar-refractivity contribution >= 4 is 17.9 Å². The highest BCUT2D eigenvalue weighted by Crippen LogP contribution is 2.37. The van der Waals surface area contributed by atoms with Crippen molar-refractivity contribution in [2.75, 3.05) is 0 Å². The van der Waals surface area contributed by atoms with E-state index in [0.717, 1.165) is 17.7 Å². The van der Waals surface area contributed by atoms with Crippen molar-refractivity contribution in [3.63, 3.8) is 0 Å². The molecule has 1 aliphatic heterocycles. The maximum absolute atomic E-state index is 11.8. The zero-order valence-electron chi connectivity index (χ0n) is 17.8. The molecule has 4 nitrogen and oxygen atoms in total. The first-order chi connectivity index (χ1) is 13.5. The average molecular weight is 392 g/mol. The van der Waals surface area contributed by atoms with E-state index >= 15 is 0 Å². The number of nitrogens with one attached hydrogen (secondary N) is 1. The van der Waals surface area contributed by atoms with Gasteiger partial charge in [-0.05, 0) is 47.1 Å². The molecule has 1 fully saturated rings. The van der Waals surface area contributed by atoms with Gasteiger partial charge in [-0.2, -0.15) is 0 Å². The van der Waals surface area contributed by atoms with E-state index in [9.17, 15) is 9.59 Å². The average Bonchev–Trinajstić information content (AvgIpc) is 2.92. The van der Waals surface area contributed by atoms with Crippen molar-refractivity contribution in [2.45, 2.75) is 52.9 Å². The van der Waals surface area contributed by atoms with Crippen LogP contribution in [0, 0.1) is 5.41 Å². The van der Waals surface area contributed by atoms with Gasteiger partial charge in [0, 0.05) is 11.1 Å². The molecule has 1 aliphatic rings. The van der Waals surface area contributed by atoms with E-state index in [0.29, 0.717) is 11.3 Å². The largest absolute Gasteiger partial charge is 0.457 e. The van der Waals surface area contributed by atoms with Crippen LogP contribution in [0.5, 0.6) is 11.5 Å². The number of carbonyl (C=O) groups is 2. The van der Waals surface area contributed by atoms with Crippen LogP contribution in [-0.2, 0) is 15.0 Å². The van der Waals surface area contributed by atoms with Gasteiger partial charge in [0.15, 0.2) is 0 Å². The summed E-state index contributed by atoms with van der Waals surface area (Å²) in [6.07, 6.45) is 2.90. The van der Waals surface area contributed by atoms with Gasteiger partial charge in [-0.15, -0.1) is 0 Å². The zero-order valence-corrected chi connectivity index (χ0v) is 17.8. The Kier molecular flexibility index (Phi) is 5.65. The van der Waals surface area contributed by atoms with Crippen LogP contribution < -0.4 is 10.1 Å². The fourth-order valence-electron chi connectivity index (χ4n) is 4.03. The molecule has 2 aromatic carbocycles. The van der Waals surface area contributed by atoms with Crippen molar-refractivity contribution in [1.29, 1.82) is 0 Å². The minimum atomic E-state index is -0.338. The fourth-order valence-corrected chi connectivity index (χ4v) is 4.03. The normalized spacial score (nSPS) is 16.2. The first kappa shape index (κ1) is 20.8. The van der Waals surface area contributed by atoms with Crippen molar-refractivity contribution in [3.8, 4) is 11.5 Å². The van der Waals surface area contributed by atoms with Crippen molar-refractivity contribution in [3.05, 3.63) is 65.2 Å². The van der Waals surface area contributed by atoms with Crippen LogP contribution in [0.25, 0.3) is 6.08 Å². The summed E-state index contributed by atoms with van der Waals surface area (Å²) < 4.78 is 6.09. The predicted molar refractivity (Wildman–Crippen MR) is 116 cm³/mol. The molecule has 1 N–H and O–H groups in total. The Bertz CT molecular complexity index is 947. The Morgan fingerprint density at radius 2 is 1.62 bits per heavy atom. The van der Waals surface area contributed by atoms with Crippen LogP contribution in [0.2, 0.25) is 0 Å². The van der Waals surface area contributed by atoms with E-state index in [-0.39, 0.29) is 29.1 Å². The van der Waals surface area contributed by atoms with Gasteiger partial charge in [0.05, 0.1) is 6.42 Å². The molecule has 2 amide bonds. The van der Waals surface area contributed by atoms with Crippen LogP contribution >= 0.6 is 0 Å². The van der Waals surface area contributed by atoms with Crippen LogP contribution in [-0.4, -0.2) is 11.8 Å². The second-order valence-corrected chi connectivity index (χ2v) is 9.51. The number of benzene rings is 2. The summed E-state index contributed by atoms with van der Waals surface area (Å²) in [7, 11) is 0. The van der Waals surface area contributed by atoms with Crippen molar-refractivity contribution in [1.82, 2.24) is 5.32 Å². The smallest absolute Gasteiger partial charge is 0.254 e. The van der Waals surface area contributed by atoms with E-state index < -0.39 is 0 Å². The quantitative estimate of drug-likeness (QED) is 0.531. The molecule has 0 aliphatic carbocycles. The molecular weight excluding hydrogens is 362 g/mol. The van der Waals surface area contributed by atoms with E-state index in [2.05, 4.69) is 52.1 Å². The third kappa shape index (κ3) is 5.35. The Morgan fingerprint density at radius 1 is 0.966 bits per heavy atom. The summed E-state index contributed by atoms with van der Waals surface area (Å²) >= 11 is 0. The standard InChI is InChI=1S/C25H29NO3/c1-24(2,3)16-25(4,5)19-10-12-20(13-11-19)29-21-9-7-6-8-17(21)14-18-15-22(27)26-23(18)28/h6-14H,15-16H2,1-5H3,(H,26,27,28)/b18-14-. The van der Waals surface area contributed by atoms with Gasteiger partial charge in [0.1, 0.15) is 11.5 Å². The molecule has 2 aromatic rings. The number of para-hydroxylation sites is 1. The maximum Gasteiger partial charge on any atom is 0.254 e. The molecule has 152 valence electrons. The molecular formula is C25H29NO3. The van der Waals surface area contributed by atoms with Crippen LogP contribution in [0.1, 0.15) is 58.6 Å². The number of amides is 2. The van der Waals surface area contributed by atoms with Crippen molar-refractivity contribution in [2.24, 2.45) is 5.41 Å². The third-order valence-corrected chi connectivity index (χ3v) is 4.98. The third-order valence-electron chi connectivity index (χ3n) is 4.98. The van der Waals surface area contributed by atoms with Crippen molar-refractivity contribution < 1.29 is 14.3 Å². The topological polar surface area (TPSA) is 55.4 Å². The Morgan fingerprint density at radius 3 is 2.21 bits per heavy atom. The number of hydrogen-bond donors (Lipinski definition) is 1. The highest BCUT2D eigenvalue weighted by Gasteiger charge is 2.27. The number of imide groups is 1. The first-order valence-electron chi connectivity index (χ1n) is 9.96. The number of carbonyl (C=O) groups excluding carboxylic acids is 2. The van der Waals surface area contributed by atoms with Gasteiger partial charge in [-0.25, -0.2) is 0 Å². The molecule has 0 bridgehead atoms. The lowest BCUT2D eigenvalue weighted by molar-refractivity contribution is -0.124. The molecule has 4 heteroatoms. The summed E-state index contributed by atoms with van der Waals surface area (Å²) in [5.74, 6) is 0.773. The fraction of sp³-hybridized carbons (Fsp3) is 0.360. The van der Waals surface area contributed by atoms with E-state index in [4.69, 9.17) is 4.74 Å². The molecule has 3 rings (SSSR count). The summed E-state index contributed by atoms with van der Waals surface area (Å²) in [6, 6.07) is 15.7. The number of rotatable bonds is 5. The molecule has 0 atom stereocenters. The highest BCUT2D eigenvalue weighted by atomic mass is 16.5. The minimum Gasteiger partial charge on any atom is -0.457 e. The Hall–Kier alpha value is -2.88. The summed E-state index contributed by atoms with van der Waals surface area (Å²) in [5, 5.41) is 2.31. The Labute approximate surface area is 173 Å². The van der Waals surface area contributed by atoms with E-state index in [1.54, 1.807) is 6.08 Å². The van der Waals surface area contributed by atoms with Gasteiger partial charge in [-0.1, -0.05) is 65.0 Å². The number of hydrogen-bond acceptors (Lipinski definition) is 3. The van der Waals surface area contributed by atoms with Gasteiger partial charge in [0.2, 0.25) is 5.91 Å². The molecule has 29 heavy (non-hydrogen) atoms.